The van der Waals surface area contributed by atoms with Crippen LogP contribution in [0, 0.1) is 11.3 Å². The first-order valence-electron chi connectivity index (χ1n) is 5.80. The first-order chi connectivity index (χ1) is 7.23. The molecule has 4 nitrogen and oxygen atoms in total. The third-order valence-corrected chi connectivity index (χ3v) is 3.67. The van der Waals surface area contributed by atoms with Gasteiger partial charge in [0.05, 0.1) is 24.2 Å². The van der Waals surface area contributed by atoms with Gasteiger partial charge in [-0.15, -0.1) is 0 Å². The highest BCUT2D eigenvalue weighted by atomic mass is 16.5. The van der Waals surface area contributed by atoms with Crippen LogP contribution < -0.4 is 0 Å². The number of hydrogen-bond acceptors (Lipinski definition) is 4. The second kappa shape index (κ2) is 4.34. The monoisotopic (exact) mass is 230 g/mol. The number of carbonyl (C=O) groups is 1. The summed E-state index contributed by atoms with van der Waals surface area (Å²) in [5.41, 5.74) is -1.76. The number of aliphatic hydroxyl groups is 2. The Morgan fingerprint density at radius 2 is 2.00 bits per heavy atom. The van der Waals surface area contributed by atoms with Crippen LogP contribution in [0.5, 0.6) is 0 Å². The lowest BCUT2D eigenvalue weighted by atomic mass is 9.60. The van der Waals surface area contributed by atoms with E-state index in [-0.39, 0.29) is 6.61 Å². The van der Waals surface area contributed by atoms with Gasteiger partial charge < -0.3 is 14.9 Å². The second-order valence-corrected chi connectivity index (χ2v) is 5.42. The summed E-state index contributed by atoms with van der Waals surface area (Å²) in [4.78, 5) is 11.9. The molecule has 4 heteroatoms. The average Bonchev–Trinajstić information content (AvgIpc) is 2.12. The van der Waals surface area contributed by atoms with Crippen molar-refractivity contribution in [2.24, 2.45) is 11.3 Å². The summed E-state index contributed by atoms with van der Waals surface area (Å²) < 4.78 is 4.99. The van der Waals surface area contributed by atoms with Gasteiger partial charge in [0.2, 0.25) is 0 Å². The van der Waals surface area contributed by atoms with Gasteiger partial charge in [0.15, 0.2) is 0 Å². The Bertz CT molecular complexity index is 270. The maximum atomic E-state index is 11.9. The van der Waals surface area contributed by atoms with E-state index in [1.807, 2.05) is 0 Å². The van der Waals surface area contributed by atoms with Crippen molar-refractivity contribution in [2.75, 3.05) is 6.61 Å². The van der Waals surface area contributed by atoms with Gasteiger partial charge in [-0.2, -0.15) is 0 Å². The van der Waals surface area contributed by atoms with Crippen LogP contribution >= 0.6 is 0 Å². The Labute approximate surface area is 96.6 Å². The van der Waals surface area contributed by atoms with E-state index < -0.39 is 29.0 Å². The molecule has 1 fully saturated rings. The largest absolute Gasteiger partial charge is 0.466 e. The Morgan fingerprint density at radius 3 is 2.50 bits per heavy atom. The van der Waals surface area contributed by atoms with Crippen LogP contribution in [0.1, 0.15) is 40.5 Å². The fraction of sp³-hybridized carbons (Fsp3) is 0.917. The minimum absolute atomic E-state index is 0.289. The number of rotatable bonds is 2. The predicted octanol–water partition coefficient (Wildman–Crippen LogP) is 1.10. The standard InChI is InChI=1S/C12H22O4/c1-5-16-10(14)9-11(2,3)8(13)6-7-12(9,4)15/h8-9,13,15H,5-7H2,1-4H3/t8-,9-,12?/m0/s1. The van der Waals surface area contributed by atoms with Crippen LogP contribution in [0.15, 0.2) is 0 Å². The Kier molecular flexibility index (Phi) is 3.65. The maximum Gasteiger partial charge on any atom is 0.312 e. The zero-order valence-corrected chi connectivity index (χ0v) is 10.5. The third-order valence-electron chi connectivity index (χ3n) is 3.67. The molecule has 1 rings (SSSR count). The molecule has 94 valence electrons. The lowest BCUT2D eigenvalue weighted by Crippen LogP contribution is -2.57. The first kappa shape index (κ1) is 13.5. The summed E-state index contributed by atoms with van der Waals surface area (Å²) in [6.45, 7) is 7.26. The van der Waals surface area contributed by atoms with E-state index in [4.69, 9.17) is 4.74 Å². The number of hydrogen-bond donors (Lipinski definition) is 2. The summed E-state index contributed by atoms with van der Waals surface area (Å²) in [6.07, 6.45) is 0.346. The van der Waals surface area contributed by atoms with Crippen molar-refractivity contribution in [3.8, 4) is 0 Å². The van der Waals surface area contributed by atoms with Crippen LogP contribution in [-0.4, -0.2) is 34.5 Å². The van der Waals surface area contributed by atoms with Gasteiger partial charge in [-0.1, -0.05) is 13.8 Å². The van der Waals surface area contributed by atoms with E-state index in [0.29, 0.717) is 12.8 Å². The molecule has 0 aromatic carbocycles. The van der Waals surface area contributed by atoms with Crippen LogP contribution in [0.4, 0.5) is 0 Å². The van der Waals surface area contributed by atoms with Gasteiger partial charge in [-0.3, -0.25) is 4.79 Å². The van der Waals surface area contributed by atoms with Gasteiger partial charge in [0.25, 0.3) is 0 Å². The van der Waals surface area contributed by atoms with Gasteiger partial charge in [-0.25, -0.2) is 0 Å². The Morgan fingerprint density at radius 1 is 1.44 bits per heavy atom. The fourth-order valence-electron chi connectivity index (χ4n) is 2.72. The SMILES string of the molecule is CCOC(=O)[C@@H]1C(C)(O)CC[C@H](O)C1(C)C. The van der Waals surface area contributed by atoms with Crippen molar-refractivity contribution in [3.05, 3.63) is 0 Å². The van der Waals surface area contributed by atoms with Crippen molar-refractivity contribution in [1.29, 1.82) is 0 Å². The topological polar surface area (TPSA) is 66.8 Å². The molecular weight excluding hydrogens is 208 g/mol. The van der Waals surface area contributed by atoms with Crippen molar-refractivity contribution in [2.45, 2.75) is 52.2 Å². The molecule has 1 aliphatic rings. The van der Waals surface area contributed by atoms with Gasteiger partial charge in [0.1, 0.15) is 0 Å². The molecular formula is C12H22O4. The molecule has 3 atom stereocenters. The van der Waals surface area contributed by atoms with Gasteiger partial charge in [0, 0.05) is 5.41 Å². The molecule has 1 saturated carbocycles. The molecule has 0 aliphatic heterocycles. The summed E-state index contributed by atoms with van der Waals surface area (Å²) in [5, 5.41) is 20.2. The summed E-state index contributed by atoms with van der Waals surface area (Å²) in [7, 11) is 0. The minimum Gasteiger partial charge on any atom is -0.466 e. The molecule has 0 aromatic rings. The fourth-order valence-corrected chi connectivity index (χ4v) is 2.72. The quantitative estimate of drug-likeness (QED) is 0.697. The molecule has 0 spiro atoms. The molecule has 0 heterocycles. The Balaban J connectivity index is 3.01. The smallest absolute Gasteiger partial charge is 0.312 e. The van der Waals surface area contributed by atoms with Gasteiger partial charge in [-0.05, 0) is 26.7 Å². The second-order valence-electron chi connectivity index (χ2n) is 5.42. The molecule has 0 aromatic heterocycles. The van der Waals surface area contributed by atoms with Crippen molar-refractivity contribution in [3.63, 3.8) is 0 Å². The summed E-state index contributed by atoms with van der Waals surface area (Å²) >= 11 is 0. The number of aliphatic hydroxyl groups excluding tert-OH is 1. The van der Waals surface area contributed by atoms with E-state index in [2.05, 4.69) is 0 Å². The van der Waals surface area contributed by atoms with E-state index in [9.17, 15) is 15.0 Å². The highest BCUT2D eigenvalue weighted by Gasteiger charge is 2.54. The van der Waals surface area contributed by atoms with Crippen molar-refractivity contribution >= 4 is 5.97 Å². The van der Waals surface area contributed by atoms with E-state index in [1.165, 1.54) is 0 Å². The molecule has 0 radical (unpaired) electrons. The van der Waals surface area contributed by atoms with E-state index in [1.54, 1.807) is 27.7 Å². The Hall–Kier alpha value is -0.610. The number of ether oxygens (including phenoxy) is 1. The molecule has 0 bridgehead atoms. The molecule has 1 unspecified atom stereocenters. The average molecular weight is 230 g/mol. The highest BCUT2D eigenvalue weighted by Crippen LogP contribution is 2.46. The van der Waals surface area contributed by atoms with Crippen LogP contribution in [-0.2, 0) is 9.53 Å². The van der Waals surface area contributed by atoms with Crippen LogP contribution in [0.2, 0.25) is 0 Å². The zero-order chi connectivity index (χ0) is 12.6. The van der Waals surface area contributed by atoms with Crippen molar-refractivity contribution < 1.29 is 19.7 Å². The normalized spacial score (nSPS) is 38.1. The zero-order valence-electron chi connectivity index (χ0n) is 10.5. The van der Waals surface area contributed by atoms with E-state index in [0.717, 1.165) is 0 Å². The molecule has 0 amide bonds. The highest BCUT2D eigenvalue weighted by molar-refractivity contribution is 5.75. The first-order valence-corrected chi connectivity index (χ1v) is 5.80. The lowest BCUT2D eigenvalue weighted by Gasteiger charge is -2.48. The van der Waals surface area contributed by atoms with Crippen molar-refractivity contribution in [1.82, 2.24) is 0 Å². The van der Waals surface area contributed by atoms with E-state index >= 15 is 0 Å². The van der Waals surface area contributed by atoms with Crippen LogP contribution in [0.3, 0.4) is 0 Å². The molecule has 2 N–H and O–H groups in total. The lowest BCUT2D eigenvalue weighted by molar-refractivity contribution is -0.186. The molecule has 0 saturated heterocycles. The van der Waals surface area contributed by atoms with Crippen LogP contribution in [0.25, 0.3) is 0 Å². The number of carbonyl (C=O) groups excluding carboxylic acids is 1. The minimum atomic E-state index is -1.10. The summed E-state index contributed by atoms with van der Waals surface area (Å²) in [6, 6.07) is 0. The molecule has 1 aliphatic carbocycles. The maximum absolute atomic E-state index is 11.9. The van der Waals surface area contributed by atoms with Gasteiger partial charge >= 0.3 is 5.97 Å². The number of esters is 1. The third kappa shape index (κ3) is 2.23. The predicted molar refractivity (Wildman–Crippen MR) is 59.8 cm³/mol. The molecule has 16 heavy (non-hydrogen) atoms. The summed E-state index contributed by atoms with van der Waals surface area (Å²) in [5.74, 6) is -1.10.